The van der Waals surface area contributed by atoms with Crippen LogP contribution < -0.4 is 10.7 Å². The van der Waals surface area contributed by atoms with E-state index in [-0.39, 0.29) is 17.5 Å². The van der Waals surface area contributed by atoms with E-state index < -0.39 is 11.2 Å². The molecule has 7 heteroatoms. The number of nitrogens with zero attached hydrogens (tertiary/aromatic N) is 1. The second kappa shape index (κ2) is 6.25. The zero-order valence-corrected chi connectivity index (χ0v) is 11.3. The van der Waals surface area contributed by atoms with Gasteiger partial charge in [-0.3, -0.25) is 15.0 Å². The van der Waals surface area contributed by atoms with Crippen molar-refractivity contribution in [2.45, 2.75) is 11.7 Å². The average Bonchev–Trinajstić information content (AvgIpc) is 2.45. The highest BCUT2D eigenvalue weighted by Crippen LogP contribution is 2.20. The van der Waals surface area contributed by atoms with Crippen molar-refractivity contribution in [3.8, 4) is 0 Å². The lowest BCUT2D eigenvalue weighted by atomic mass is 10.2. The first-order valence-corrected chi connectivity index (χ1v) is 6.71. The second-order valence-corrected chi connectivity index (χ2v) is 5.26. The molecule has 1 atom stereocenters. The standard InChI is InChI=1S/C13H13N3O3S/c1-8(9-5-3-2-4-6-9)15-16-13-14-11(17)7-10(20-13)12(18)19/h2-6,10,15H,1,7H2,(H,18,19)(H,14,16,17). The van der Waals surface area contributed by atoms with Gasteiger partial charge in [0.15, 0.2) is 5.17 Å². The van der Waals surface area contributed by atoms with Crippen LogP contribution in [0.2, 0.25) is 0 Å². The number of hydrogen-bond acceptors (Lipinski definition) is 5. The number of amidine groups is 1. The molecule has 1 aliphatic rings. The summed E-state index contributed by atoms with van der Waals surface area (Å²) in [6.07, 6.45) is -0.0569. The van der Waals surface area contributed by atoms with Crippen molar-refractivity contribution >= 4 is 34.5 Å². The van der Waals surface area contributed by atoms with Gasteiger partial charge in [-0.2, -0.15) is 0 Å². The minimum Gasteiger partial charge on any atom is -0.480 e. The van der Waals surface area contributed by atoms with Gasteiger partial charge in [0.05, 0.1) is 5.70 Å². The summed E-state index contributed by atoms with van der Waals surface area (Å²) in [6.45, 7) is 3.83. The van der Waals surface area contributed by atoms with Gasteiger partial charge < -0.3 is 10.4 Å². The normalized spacial score (nSPS) is 20.3. The third kappa shape index (κ3) is 3.61. The van der Waals surface area contributed by atoms with E-state index in [9.17, 15) is 9.59 Å². The van der Waals surface area contributed by atoms with E-state index in [1.807, 2.05) is 30.3 Å². The lowest BCUT2D eigenvalue weighted by Gasteiger charge is -2.19. The molecule has 1 aromatic carbocycles. The van der Waals surface area contributed by atoms with E-state index in [1.165, 1.54) is 0 Å². The van der Waals surface area contributed by atoms with E-state index in [0.29, 0.717) is 5.70 Å². The highest BCUT2D eigenvalue weighted by Gasteiger charge is 2.29. The Bertz CT molecular complexity index is 571. The molecular formula is C13H13N3O3S. The summed E-state index contributed by atoms with van der Waals surface area (Å²) in [5.41, 5.74) is 4.13. The summed E-state index contributed by atoms with van der Waals surface area (Å²) in [7, 11) is 0. The SMILES string of the molecule is C=C(N/N=C1\NC(=O)CC(C(=O)O)S1)c1ccccc1. The molecule has 20 heavy (non-hydrogen) atoms. The van der Waals surface area contributed by atoms with Crippen molar-refractivity contribution in [2.24, 2.45) is 5.10 Å². The van der Waals surface area contributed by atoms with Crippen LogP contribution in [0.3, 0.4) is 0 Å². The minimum atomic E-state index is -1.03. The van der Waals surface area contributed by atoms with Crippen LogP contribution in [0.15, 0.2) is 42.0 Å². The maximum atomic E-state index is 11.4. The second-order valence-electron chi connectivity index (χ2n) is 4.07. The number of aliphatic carboxylic acids is 1. The maximum absolute atomic E-state index is 11.4. The van der Waals surface area contributed by atoms with Crippen LogP contribution >= 0.6 is 11.8 Å². The van der Waals surface area contributed by atoms with Gasteiger partial charge in [0, 0.05) is 6.42 Å². The summed E-state index contributed by atoms with van der Waals surface area (Å²) in [5, 5.41) is 14.8. The van der Waals surface area contributed by atoms with Gasteiger partial charge in [-0.25, -0.2) is 0 Å². The van der Waals surface area contributed by atoms with Gasteiger partial charge in [0.25, 0.3) is 0 Å². The van der Waals surface area contributed by atoms with Gasteiger partial charge in [-0.1, -0.05) is 48.7 Å². The van der Waals surface area contributed by atoms with Crippen LogP contribution in [-0.2, 0) is 9.59 Å². The summed E-state index contributed by atoms with van der Waals surface area (Å²) in [4.78, 5) is 22.3. The van der Waals surface area contributed by atoms with Crippen molar-refractivity contribution in [3.63, 3.8) is 0 Å². The molecule has 2 rings (SSSR count). The Kier molecular flexibility index (Phi) is 4.41. The number of rotatable bonds is 4. The zero-order chi connectivity index (χ0) is 14.5. The van der Waals surface area contributed by atoms with E-state index in [2.05, 4.69) is 22.4 Å². The Morgan fingerprint density at radius 1 is 1.45 bits per heavy atom. The van der Waals surface area contributed by atoms with Crippen molar-refractivity contribution in [2.75, 3.05) is 0 Å². The lowest BCUT2D eigenvalue weighted by molar-refractivity contribution is -0.138. The van der Waals surface area contributed by atoms with Crippen LogP contribution in [0.1, 0.15) is 12.0 Å². The first-order valence-electron chi connectivity index (χ1n) is 5.83. The van der Waals surface area contributed by atoms with Crippen molar-refractivity contribution in [3.05, 3.63) is 42.5 Å². The Labute approximate surface area is 119 Å². The zero-order valence-electron chi connectivity index (χ0n) is 10.5. The largest absolute Gasteiger partial charge is 0.480 e. The molecule has 0 saturated carbocycles. The summed E-state index contributed by atoms with van der Waals surface area (Å²) >= 11 is 0.995. The Morgan fingerprint density at radius 3 is 2.80 bits per heavy atom. The number of carboxylic acids is 1. The fourth-order valence-electron chi connectivity index (χ4n) is 1.56. The van der Waals surface area contributed by atoms with Crippen LogP contribution in [0.4, 0.5) is 0 Å². The van der Waals surface area contributed by atoms with E-state index in [0.717, 1.165) is 17.3 Å². The molecule has 1 aromatic rings. The molecule has 1 fully saturated rings. The minimum absolute atomic E-state index is 0.0569. The molecule has 0 bridgehead atoms. The summed E-state index contributed by atoms with van der Waals surface area (Å²) in [5.74, 6) is -1.39. The molecule has 6 nitrogen and oxygen atoms in total. The summed E-state index contributed by atoms with van der Waals surface area (Å²) in [6, 6.07) is 9.35. The highest BCUT2D eigenvalue weighted by molar-refractivity contribution is 8.15. The van der Waals surface area contributed by atoms with Crippen molar-refractivity contribution < 1.29 is 14.7 Å². The Hall–Kier alpha value is -2.28. The fourth-order valence-corrected chi connectivity index (χ4v) is 2.43. The monoisotopic (exact) mass is 291 g/mol. The molecule has 0 aliphatic carbocycles. The number of hydrazone groups is 1. The van der Waals surface area contributed by atoms with Gasteiger partial charge >= 0.3 is 5.97 Å². The number of carbonyl (C=O) groups is 2. The molecule has 1 heterocycles. The molecule has 1 amide bonds. The quantitative estimate of drug-likeness (QED) is 0.726. The third-order valence-corrected chi connectivity index (χ3v) is 3.63. The molecule has 104 valence electrons. The molecule has 0 spiro atoms. The van der Waals surface area contributed by atoms with Gasteiger partial charge in [-0.15, -0.1) is 5.10 Å². The van der Waals surface area contributed by atoms with Crippen molar-refractivity contribution in [1.82, 2.24) is 10.7 Å². The van der Waals surface area contributed by atoms with Crippen LogP contribution in [-0.4, -0.2) is 27.4 Å². The number of amides is 1. The molecule has 1 saturated heterocycles. The predicted molar refractivity (Wildman–Crippen MR) is 77.8 cm³/mol. The summed E-state index contributed by atoms with van der Waals surface area (Å²) < 4.78 is 0. The van der Waals surface area contributed by atoms with E-state index in [1.54, 1.807) is 0 Å². The topological polar surface area (TPSA) is 90.8 Å². The molecule has 0 radical (unpaired) electrons. The third-order valence-electron chi connectivity index (χ3n) is 2.56. The van der Waals surface area contributed by atoms with Gasteiger partial charge in [-0.05, 0) is 5.56 Å². The number of thioether (sulfide) groups is 1. The molecular weight excluding hydrogens is 278 g/mol. The predicted octanol–water partition coefficient (Wildman–Crippen LogP) is 1.22. The number of nitrogens with one attached hydrogen (secondary N) is 2. The average molecular weight is 291 g/mol. The number of carboxylic acid groups (broad SMARTS) is 1. The Morgan fingerprint density at radius 2 is 2.15 bits per heavy atom. The first-order chi connectivity index (χ1) is 9.56. The maximum Gasteiger partial charge on any atom is 0.317 e. The number of hydrogen-bond donors (Lipinski definition) is 3. The van der Waals surface area contributed by atoms with Gasteiger partial charge in [0.1, 0.15) is 5.25 Å². The molecule has 1 unspecified atom stereocenters. The lowest BCUT2D eigenvalue weighted by Crippen LogP contribution is -2.40. The number of carbonyl (C=O) groups excluding carboxylic acids is 1. The van der Waals surface area contributed by atoms with Gasteiger partial charge in [0.2, 0.25) is 5.91 Å². The van der Waals surface area contributed by atoms with Crippen molar-refractivity contribution in [1.29, 1.82) is 0 Å². The van der Waals surface area contributed by atoms with E-state index >= 15 is 0 Å². The first kappa shape index (κ1) is 14.1. The molecule has 3 N–H and O–H groups in total. The van der Waals surface area contributed by atoms with E-state index in [4.69, 9.17) is 5.11 Å². The highest BCUT2D eigenvalue weighted by atomic mass is 32.2. The molecule has 0 aromatic heterocycles. The fraction of sp³-hybridized carbons (Fsp3) is 0.154. The van der Waals surface area contributed by atoms with Crippen LogP contribution in [0.25, 0.3) is 5.70 Å². The molecule has 1 aliphatic heterocycles. The van der Waals surface area contributed by atoms with Crippen LogP contribution in [0.5, 0.6) is 0 Å². The van der Waals surface area contributed by atoms with Crippen LogP contribution in [0, 0.1) is 0 Å². The Balaban J connectivity index is 2.02. The number of benzene rings is 1. The smallest absolute Gasteiger partial charge is 0.317 e.